The van der Waals surface area contributed by atoms with Crippen LogP contribution in [0.1, 0.15) is 51.5 Å². The lowest BCUT2D eigenvalue weighted by Crippen LogP contribution is -2.69. The number of nitrogens with zero attached hydrogens (tertiary/aromatic N) is 5. The monoisotopic (exact) mass is 672 g/mol. The zero-order valence-corrected chi connectivity index (χ0v) is 27.8. The Morgan fingerprint density at radius 1 is 1.18 bits per heavy atom. The Labute approximate surface area is 282 Å². The highest BCUT2D eigenvalue weighted by atomic mass is 19.1. The van der Waals surface area contributed by atoms with E-state index in [9.17, 15) is 13.9 Å². The van der Waals surface area contributed by atoms with Crippen LogP contribution in [0.3, 0.4) is 0 Å². The first-order valence-electron chi connectivity index (χ1n) is 16.8. The molecule has 9 nitrogen and oxygen atoms in total. The third-order valence-corrected chi connectivity index (χ3v) is 11.6. The topological polar surface area (TPSA) is 95.9 Å². The minimum atomic E-state index is -0.936. The fourth-order valence-electron chi connectivity index (χ4n) is 8.81. The summed E-state index contributed by atoms with van der Waals surface area (Å²) in [5.41, 5.74) is -1.50. The molecule has 2 unspecified atom stereocenters. The number of ether oxygens (including phenoxy) is 2. The summed E-state index contributed by atoms with van der Waals surface area (Å²) in [6, 6.07) is 5.59. The van der Waals surface area contributed by atoms with Crippen LogP contribution in [-0.2, 0) is 4.74 Å². The number of phenols is 1. The van der Waals surface area contributed by atoms with Gasteiger partial charge in [0.1, 0.15) is 41.4 Å². The second-order valence-corrected chi connectivity index (χ2v) is 14.6. The van der Waals surface area contributed by atoms with E-state index < -0.39 is 34.5 Å². The fraction of sp³-hybridized carbons (Fsp3) is 0.486. The van der Waals surface area contributed by atoms with Crippen molar-refractivity contribution in [2.45, 2.75) is 74.8 Å². The molecule has 0 amide bonds. The molecule has 12 heteroatoms. The van der Waals surface area contributed by atoms with E-state index in [0.29, 0.717) is 42.6 Å². The van der Waals surface area contributed by atoms with Crippen molar-refractivity contribution < 1.29 is 27.8 Å². The number of benzene rings is 2. The summed E-state index contributed by atoms with van der Waals surface area (Å²) in [5, 5.41) is 15.4. The van der Waals surface area contributed by atoms with Crippen LogP contribution in [-0.4, -0.2) is 93.7 Å². The summed E-state index contributed by atoms with van der Waals surface area (Å²) in [7, 11) is 1.70. The molecule has 0 radical (unpaired) electrons. The molecule has 4 saturated heterocycles. The smallest absolute Gasteiger partial charge is 0.319 e. The number of fused-ring (bicyclic) bond motifs is 5. The number of methoxy groups -OCH3 is 1. The summed E-state index contributed by atoms with van der Waals surface area (Å²) in [6.45, 7) is 6.60. The number of hydrogen-bond donors (Lipinski definition) is 2. The standard InChI is InChI=1S/C37H39F3N6O3/c1-5-25-28(39)8-7-21-13-24(47)14-26(29(21)25)31-30(40)32-27(16-41-31)33(45-18-23-9-11-37(19-45,44-23)35(2,3)48-4)43-34(42-32)49-20-36-10-6-12-46(36)17-22(38)15-36/h1,7-8,13-14,16,22-23,44,47H,6,9-12,15,17-20H2,2-4H3/t22-,23?,36+,37?/m1/s1. The quantitative estimate of drug-likeness (QED) is 0.247. The fourth-order valence-corrected chi connectivity index (χ4v) is 8.81. The number of piperazine rings is 1. The molecular formula is C37H39F3N6O3. The van der Waals surface area contributed by atoms with E-state index in [0.717, 1.165) is 32.2 Å². The van der Waals surface area contributed by atoms with Gasteiger partial charge in [0.25, 0.3) is 0 Å². The van der Waals surface area contributed by atoms with Gasteiger partial charge in [-0.25, -0.2) is 13.2 Å². The number of phenolic OH excluding ortho intramolecular Hbond substituents is 1. The van der Waals surface area contributed by atoms with Gasteiger partial charge in [0.2, 0.25) is 0 Å². The maximum atomic E-state index is 17.0. The van der Waals surface area contributed by atoms with Crippen LogP contribution in [0.4, 0.5) is 19.0 Å². The zero-order chi connectivity index (χ0) is 34.3. The van der Waals surface area contributed by atoms with Crippen molar-refractivity contribution >= 4 is 27.5 Å². The summed E-state index contributed by atoms with van der Waals surface area (Å²) in [6.07, 6.45) is 10.2. The largest absolute Gasteiger partial charge is 0.508 e. The molecular weight excluding hydrogens is 633 g/mol. The first-order valence-corrected chi connectivity index (χ1v) is 16.8. The molecule has 2 aromatic heterocycles. The van der Waals surface area contributed by atoms with Gasteiger partial charge < -0.3 is 24.8 Å². The molecule has 4 fully saturated rings. The third-order valence-electron chi connectivity index (χ3n) is 11.6. The van der Waals surface area contributed by atoms with Gasteiger partial charge in [0, 0.05) is 56.4 Å². The van der Waals surface area contributed by atoms with Crippen molar-refractivity contribution in [3.05, 3.63) is 47.7 Å². The van der Waals surface area contributed by atoms with Gasteiger partial charge in [-0.2, -0.15) is 9.97 Å². The van der Waals surface area contributed by atoms with E-state index in [4.69, 9.17) is 20.9 Å². The number of pyridine rings is 1. The highest BCUT2D eigenvalue weighted by Crippen LogP contribution is 2.44. The first-order chi connectivity index (χ1) is 23.5. The van der Waals surface area contributed by atoms with E-state index >= 15 is 4.39 Å². The summed E-state index contributed by atoms with van der Waals surface area (Å²) in [5.74, 6) is 1.25. The number of aromatic hydroxyl groups is 1. The minimum Gasteiger partial charge on any atom is -0.508 e. The molecule has 49 heavy (non-hydrogen) atoms. The van der Waals surface area contributed by atoms with Gasteiger partial charge in [-0.3, -0.25) is 9.88 Å². The predicted octanol–water partition coefficient (Wildman–Crippen LogP) is 5.50. The van der Waals surface area contributed by atoms with Gasteiger partial charge in [0.15, 0.2) is 5.82 Å². The molecule has 8 rings (SSSR count). The molecule has 0 aliphatic carbocycles. The Morgan fingerprint density at radius 2 is 2.02 bits per heavy atom. The average Bonchev–Trinajstić information content (AvgIpc) is 3.72. The van der Waals surface area contributed by atoms with Crippen LogP contribution in [0.2, 0.25) is 0 Å². The van der Waals surface area contributed by atoms with Crippen LogP contribution >= 0.6 is 0 Å². The van der Waals surface area contributed by atoms with Crippen molar-refractivity contribution in [2.75, 3.05) is 44.8 Å². The molecule has 4 aliphatic rings. The lowest BCUT2D eigenvalue weighted by Gasteiger charge is -2.50. The van der Waals surface area contributed by atoms with Crippen LogP contribution < -0.4 is 15.0 Å². The SMILES string of the molecule is C#Cc1c(F)ccc2cc(O)cc(-c3ncc4c(N5CC6CCC(C(C)(C)OC)(C5)N6)nc(OC[C@@]56CCCN5C[C@H](F)C6)nc4c3F)c12. The molecule has 0 saturated carbocycles. The van der Waals surface area contributed by atoms with E-state index in [-0.39, 0.29) is 52.1 Å². The molecule has 256 valence electrons. The van der Waals surface area contributed by atoms with Crippen molar-refractivity contribution in [1.29, 1.82) is 0 Å². The maximum absolute atomic E-state index is 17.0. The van der Waals surface area contributed by atoms with Crippen LogP contribution in [0.25, 0.3) is 32.9 Å². The van der Waals surface area contributed by atoms with Crippen LogP contribution in [0, 0.1) is 24.0 Å². The number of aromatic nitrogens is 3. The van der Waals surface area contributed by atoms with E-state index in [1.807, 2.05) is 0 Å². The number of nitrogens with one attached hydrogen (secondary N) is 1. The van der Waals surface area contributed by atoms with Gasteiger partial charge in [0.05, 0.1) is 27.6 Å². The number of alkyl halides is 1. The number of anilines is 1. The number of halogens is 3. The molecule has 4 aliphatic heterocycles. The maximum Gasteiger partial charge on any atom is 0.319 e. The number of rotatable bonds is 7. The third kappa shape index (κ3) is 5.00. The van der Waals surface area contributed by atoms with Crippen molar-refractivity contribution in [2.24, 2.45) is 0 Å². The Morgan fingerprint density at radius 3 is 2.82 bits per heavy atom. The van der Waals surface area contributed by atoms with Crippen LogP contribution in [0.5, 0.6) is 11.8 Å². The molecule has 2 bridgehead atoms. The normalized spacial score (nSPS) is 26.8. The van der Waals surface area contributed by atoms with Crippen molar-refractivity contribution in [3.63, 3.8) is 0 Å². The lowest BCUT2D eigenvalue weighted by atomic mass is 9.80. The Kier molecular flexibility index (Phi) is 7.48. The molecule has 2 aromatic carbocycles. The first kappa shape index (κ1) is 32.0. The Bertz CT molecular complexity index is 2040. The molecule has 6 heterocycles. The van der Waals surface area contributed by atoms with Gasteiger partial charge >= 0.3 is 6.01 Å². The second-order valence-electron chi connectivity index (χ2n) is 14.6. The Hall–Kier alpha value is -4.18. The number of terminal acetylenes is 1. The average molecular weight is 673 g/mol. The van der Waals surface area contributed by atoms with Gasteiger partial charge in [-0.15, -0.1) is 6.42 Å². The number of hydrogen-bond acceptors (Lipinski definition) is 9. The van der Waals surface area contributed by atoms with Gasteiger partial charge in [-0.05, 0) is 69.7 Å². The summed E-state index contributed by atoms with van der Waals surface area (Å²) in [4.78, 5) is 18.3. The molecule has 2 N–H and O–H groups in total. The Balaban J connectivity index is 1.29. The molecule has 4 aromatic rings. The van der Waals surface area contributed by atoms with Crippen molar-refractivity contribution in [3.8, 4) is 35.4 Å². The highest BCUT2D eigenvalue weighted by molar-refractivity contribution is 6.03. The van der Waals surface area contributed by atoms with E-state index in [1.165, 1.54) is 30.5 Å². The predicted molar refractivity (Wildman–Crippen MR) is 181 cm³/mol. The van der Waals surface area contributed by atoms with E-state index in [2.05, 4.69) is 44.9 Å². The van der Waals surface area contributed by atoms with Gasteiger partial charge in [-0.1, -0.05) is 12.0 Å². The minimum absolute atomic E-state index is 0.0239. The van der Waals surface area contributed by atoms with E-state index in [1.54, 1.807) is 7.11 Å². The molecule has 0 spiro atoms. The lowest BCUT2D eigenvalue weighted by molar-refractivity contribution is -0.0536. The zero-order valence-electron chi connectivity index (χ0n) is 27.8. The van der Waals surface area contributed by atoms with Crippen LogP contribution in [0.15, 0.2) is 30.5 Å². The highest BCUT2D eigenvalue weighted by Gasteiger charge is 2.54. The molecule has 4 atom stereocenters. The summed E-state index contributed by atoms with van der Waals surface area (Å²) < 4.78 is 58.8. The van der Waals surface area contributed by atoms with Crippen molar-refractivity contribution in [1.82, 2.24) is 25.2 Å². The second kappa shape index (κ2) is 11.4. The summed E-state index contributed by atoms with van der Waals surface area (Å²) >= 11 is 0.